The van der Waals surface area contributed by atoms with E-state index in [1.165, 1.54) is 6.92 Å². The van der Waals surface area contributed by atoms with Crippen LogP contribution in [-0.4, -0.2) is 22.9 Å². The summed E-state index contributed by atoms with van der Waals surface area (Å²) in [5.41, 5.74) is 1.16. The van der Waals surface area contributed by atoms with Gasteiger partial charge in [0.2, 0.25) is 0 Å². The Bertz CT molecular complexity index is 323. The number of hydrogen-bond acceptors (Lipinski definition) is 3. The highest BCUT2D eigenvalue weighted by molar-refractivity contribution is 5.98. The van der Waals surface area contributed by atoms with E-state index >= 15 is 0 Å². The van der Waals surface area contributed by atoms with Crippen LogP contribution in [-0.2, 0) is 4.79 Å². The van der Waals surface area contributed by atoms with Gasteiger partial charge >= 0.3 is 6.03 Å². The molecule has 3 N–H and O–H groups in total. The lowest BCUT2D eigenvalue weighted by molar-refractivity contribution is -0.114. The molecule has 0 fully saturated rings. The molecule has 0 radical (unpaired) electrons. The molecule has 1 rings (SSSR count). The van der Waals surface area contributed by atoms with E-state index in [-0.39, 0.29) is 17.9 Å². The fraction of sp³-hybridized carbons (Fsp3) is 0.600. The lowest BCUT2D eigenvalue weighted by Gasteiger charge is -2.32. The van der Waals surface area contributed by atoms with E-state index in [0.717, 1.165) is 17.9 Å². The van der Waals surface area contributed by atoms with Gasteiger partial charge in [-0.05, 0) is 20.3 Å². The molecule has 0 aromatic heterocycles. The van der Waals surface area contributed by atoms with Crippen molar-refractivity contribution < 1.29 is 9.59 Å². The highest BCUT2D eigenvalue weighted by atomic mass is 16.2. The smallest absolute Gasteiger partial charge is 0.330 e. The molecule has 5 heteroatoms. The van der Waals surface area contributed by atoms with Gasteiger partial charge in [-0.1, -0.05) is 13.3 Å². The maximum Gasteiger partial charge on any atom is 0.336 e. The second-order valence-corrected chi connectivity index (χ2v) is 3.72. The molecule has 0 aromatic rings. The third-order valence-electron chi connectivity index (χ3n) is 2.57. The van der Waals surface area contributed by atoms with Crippen LogP contribution in [0.25, 0.3) is 0 Å². The van der Waals surface area contributed by atoms with Gasteiger partial charge in [0.25, 0.3) is 0 Å². The van der Waals surface area contributed by atoms with Crippen molar-refractivity contribution in [1.29, 1.82) is 0 Å². The van der Waals surface area contributed by atoms with Crippen molar-refractivity contribution >= 4 is 11.8 Å². The maximum atomic E-state index is 11.5. The van der Waals surface area contributed by atoms with Gasteiger partial charge in [-0.2, -0.15) is 0 Å². The Morgan fingerprint density at radius 2 is 2.20 bits per heavy atom. The van der Waals surface area contributed by atoms with Crippen molar-refractivity contribution in [3.05, 3.63) is 11.3 Å². The minimum absolute atomic E-state index is 0.0404. The molecule has 1 heterocycles. The molecule has 15 heavy (non-hydrogen) atoms. The quantitative estimate of drug-likeness (QED) is 0.538. The number of hydrazine groups is 1. The maximum absolute atomic E-state index is 11.5. The fourth-order valence-electron chi connectivity index (χ4n) is 1.83. The van der Waals surface area contributed by atoms with Crippen LogP contribution in [0.15, 0.2) is 11.3 Å². The summed E-state index contributed by atoms with van der Waals surface area (Å²) < 4.78 is 0. The van der Waals surface area contributed by atoms with Crippen LogP contribution in [0.2, 0.25) is 0 Å². The van der Waals surface area contributed by atoms with Crippen molar-refractivity contribution in [3.8, 4) is 0 Å². The summed E-state index contributed by atoms with van der Waals surface area (Å²) in [5.74, 6) is 5.48. The number of nitrogens with one attached hydrogen (secondary N) is 1. The number of urea groups is 1. The van der Waals surface area contributed by atoms with Crippen LogP contribution in [0.5, 0.6) is 0 Å². The van der Waals surface area contributed by atoms with Gasteiger partial charge in [-0.15, -0.1) is 0 Å². The number of allylic oxidation sites excluding steroid dienone is 1. The summed E-state index contributed by atoms with van der Waals surface area (Å²) in [7, 11) is 0. The molecule has 0 bridgehead atoms. The van der Waals surface area contributed by atoms with Gasteiger partial charge < -0.3 is 5.32 Å². The Morgan fingerprint density at radius 1 is 1.60 bits per heavy atom. The minimum Gasteiger partial charge on any atom is -0.330 e. The SMILES string of the molecule is CCC[C@H]1NC(=O)N(N)C(C)=C1C(C)=O. The topological polar surface area (TPSA) is 75.4 Å². The highest BCUT2D eigenvalue weighted by Gasteiger charge is 2.30. The van der Waals surface area contributed by atoms with Gasteiger partial charge in [0.15, 0.2) is 5.78 Å². The summed E-state index contributed by atoms with van der Waals surface area (Å²) in [6, 6.07) is -0.546. The zero-order chi connectivity index (χ0) is 11.6. The van der Waals surface area contributed by atoms with E-state index < -0.39 is 0 Å². The van der Waals surface area contributed by atoms with E-state index in [1.807, 2.05) is 6.92 Å². The number of carbonyl (C=O) groups is 2. The number of hydrogen-bond donors (Lipinski definition) is 2. The number of Topliss-reactive ketones (excluding diaryl/α,β-unsaturated/α-hetero) is 1. The average Bonchev–Trinajstić information content (AvgIpc) is 2.14. The summed E-state index contributed by atoms with van der Waals surface area (Å²) >= 11 is 0. The molecule has 5 nitrogen and oxygen atoms in total. The minimum atomic E-state index is -0.351. The predicted molar refractivity (Wildman–Crippen MR) is 56.6 cm³/mol. The molecule has 1 aliphatic rings. The zero-order valence-corrected chi connectivity index (χ0v) is 9.33. The van der Waals surface area contributed by atoms with Crippen LogP contribution in [0.4, 0.5) is 4.79 Å². The Morgan fingerprint density at radius 3 is 2.67 bits per heavy atom. The Hall–Kier alpha value is -1.36. The van der Waals surface area contributed by atoms with E-state index in [2.05, 4.69) is 5.32 Å². The van der Waals surface area contributed by atoms with Gasteiger partial charge in [-0.3, -0.25) is 4.79 Å². The molecular formula is C10H17N3O2. The summed E-state index contributed by atoms with van der Waals surface area (Å²) in [6.45, 7) is 5.19. The molecule has 0 aromatic carbocycles. The first-order chi connectivity index (χ1) is 6.99. The molecule has 0 aliphatic carbocycles. The molecular weight excluding hydrogens is 194 g/mol. The lowest BCUT2D eigenvalue weighted by Crippen LogP contribution is -2.54. The van der Waals surface area contributed by atoms with Crippen molar-refractivity contribution in [2.75, 3.05) is 0 Å². The Balaban J connectivity index is 3.08. The fourth-order valence-corrected chi connectivity index (χ4v) is 1.83. The van der Waals surface area contributed by atoms with E-state index in [9.17, 15) is 9.59 Å². The second-order valence-electron chi connectivity index (χ2n) is 3.72. The van der Waals surface area contributed by atoms with Crippen molar-refractivity contribution in [3.63, 3.8) is 0 Å². The third-order valence-corrected chi connectivity index (χ3v) is 2.57. The largest absolute Gasteiger partial charge is 0.336 e. The van der Waals surface area contributed by atoms with Crippen LogP contribution >= 0.6 is 0 Å². The normalized spacial score (nSPS) is 21.7. The van der Waals surface area contributed by atoms with E-state index in [0.29, 0.717) is 11.3 Å². The zero-order valence-electron chi connectivity index (χ0n) is 9.33. The predicted octanol–water partition coefficient (Wildman–Crippen LogP) is 0.917. The highest BCUT2D eigenvalue weighted by Crippen LogP contribution is 2.20. The van der Waals surface area contributed by atoms with Crippen molar-refractivity contribution in [2.24, 2.45) is 5.84 Å². The molecule has 0 unspecified atom stereocenters. The van der Waals surface area contributed by atoms with Gasteiger partial charge in [0, 0.05) is 11.3 Å². The number of nitrogens with zero attached hydrogens (tertiary/aromatic N) is 1. The number of ketones is 1. The Kier molecular flexibility index (Phi) is 3.47. The average molecular weight is 211 g/mol. The molecule has 0 saturated carbocycles. The van der Waals surface area contributed by atoms with Crippen LogP contribution < -0.4 is 11.2 Å². The van der Waals surface area contributed by atoms with Crippen molar-refractivity contribution in [2.45, 2.75) is 39.7 Å². The molecule has 0 spiro atoms. The van der Waals surface area contributed by atoms with Gasteiger partial charge in [-0.25, -0.2) is 15.6 Å². The lowest BCUT2D eigenvalue weighted by atomic mass is 9.96. The number of rotatable bonds is 3. The molecule has 1 atom stereocenters. The first kappa shape index (κ1) is 11.7. The summed E-state index contributed by atoms with van der Waals surface area (Å²) in [6.07, 6.45) is 1.66. The monoisotopic (exact) mass is 211 g/mol. The number of nitrogens with two attached hydrogens (primary N) is 1. The van der Waals surface area contributed by atoms with E-state index in [1.54, 1.807) is 6.92 Å². The standard InChI is InChI=1S/C10H17N3O2/c1-4-5-8-9(7(3)14)6(2)13(11)10(15)12-8/h8H,4-5,11H2,1-3H3,(H,12,15)/t8-/m1/s1. The summed E-state index contributed by atoms with van der Waals surface area (Å²) in [5, 5.41) is 3.70. The van der Waals surface area contributed by atoms with E-state index in [4.69, 9.17) is 5.84 Å². The number of carbonyl (C=O) groups excluding carboxylic acids is 2. The van der Waals surface area contributed by atoms with Crippen LogP contribution in [0.3, 0.4) is 0 Å². The first-order valence-electron chi connectivity index (χ1n) is 5.06. The summed E-state index contributed by atoms with van der Waals surface area (Å²) in [4.78, 5) is 22.9. The molecule has 0 saturated heterocycles. The molecule has 84 valence electrons. The van der Waals surface area contributed by atoms with Gasteiger partial charge in [0.05, 0.1) is 6.04 Å². The molecule has 2 amide bonds. The number of amides is 2. The third kappa shape index (κ3) is 2.18. The van der Waals surface area contributed by atoms with Gasteiger partial charge in [0.1, 0.15) is 0 Å². The molecule has 1 aliphatic heterocycles. The van der Waals surface area contributed by atoms with Crippen molar-refractivity contribution in [1.82, 2.24) is 10.3 Å². The van der Waals surface area contributed by atoms with Crippen LogP contribution in [0.1, 0.15) is 33.6 Å². The second kappa shape index (κ2) is 4.44. The Labute approximate surface area is 89.3 Å². The van der Waals surface area contributed by atoms with Crippen LogP contribution in [0, 0.1) is 0 Å². The first-order valence-corrected chi connectivity index (χ1v) is 5.06.